The van der Waals surface area contributed by atoms with Crippen molar-refractivity contribution < 1.29 is 19.1 Å². The lowest BCUT2D eigenvalue weighted by Gasteiger charge is -2.31. The predicted octanol–water partition coefficient (Wildman–Crippen LogP) is 2.17. The van der Waals surface area contributed by atoms with Gasteiger partial charge >= 0.3 is 5.97 Å². The Morgan fingerprint density at radius 3 is 2.30 bits per heavy atom. The molecule has 1 aliphatic carbocycles. The second-order valence-electron chi connectivity index (χ2n) is 8.25. The van der Waals surface area contributed by atoms with Crippen molar-refractivity contribution in [3.63, 3.8) is 0 Å². The number of ether oxygens (including phenoxy) is 1. The molecule has 2 aliphatic rings. The van der Waals surface area contributed by atoms with Crippen LogP contribution in [0.4, 0.5) is 5.82 Å². The third-order valence-corrected chi connectivity index (χ3v) is 6.00. The summed E-state index contributed by atoms with van der Waals surface area (Å²) in [6, 6.07) is 3.62. The zero-order valence-corrected chi connectivity index (χ0v) is 17.5. The Balaban J connectivity index is 1.38. The molecule has 3 rings (SSSR count). The van der Waals surface area contributed by atoms with Gasteiger partial charge in [0.15, 0.2) is 6.61 Å². The Hall–Kier alpha value is -2.64. The van der Waals surface area contributed by atoms with E-state index in [4.69, 9.17) is 10.5 Å². The molecule has 0 aromatic carbocycles. The molecule has 0 unspecified atom stereocenters. The summed E-state index contributed by atoms with van der Waals surface area (Å²) in [6.07, 6.45) is 10.8. The quantitative estimate of drug-likeness (QED) is 0.687. The van der Waals surface area contributed by atoms with Crippen molar-refractivity contribution in [2.24, 2.45) is 11.7 Å². The van der Waals surface area contributed by atoms with Crippen LogP contribution < -0.4 is 16.0 Å². The highest BCUT2D eigenvalue weighted by Crippen LogP contribution is 2.23. The molecule has 1 saturated carbocycles. The van der Waals surface area contributed by atoms with Gasteiger partial charge in [0.1, 0.15) is 5.82 Å². The van der Waals surface area contributed by atoms with E-state index in [0.717, 1.165) is 31.5 Å². The number of esters is 1. The first-order valence-electron chi connectivity index (χ1n) is 11.0. The minimum atomic E-state index is -0.505. The van der Waals surface area contributed by atoms with Gasteiger partial charge in [-0.05, 0) is 37.8 Å². The molecule has 0 spiro atoms. The van der Waals surface area contributed by atoms with Gasteiger partial charge in [-0.15, -0.1) is 0 Å². The van der Waals surface area contributed by atoms with E-state index in [-0.39, 0.29) is 30.4 Å². The summed E-state index contributed by atoms with van der Waals surface area (Å²) >= 11 is 0. The second kappa shape index (κ2) is 10.9. The number of aromatic nitrogens is 1. The molecule has 1 aromatic heterocycles. The van der Waals surface area contributed by atoms with Crippen molar-refractivity contribution in [1.29, 1.82) is 0 Å². The van der Waals surface area contributed by atoms with Gasteiger partial charge in [0.25, 0.3) is 5.91 Å². The fourth-order valence-electron chi connectivity index (χ4n) is 4.19. The van der Waals surface area contributed by atoms with Crippen LogP contribution in [0.15, 0.2) is 18.3 Å². The Labute approximate surface area is 177 Å². The van der Waals surface area contributed by atoms with Gasteiger partial charge in [0, 0.05) is 25.3 Å². The van der Waals surface area contributed by atoms with Gasteiger partial charge in [0.2, 0.25) is 5.91 Å². The predicted molar refractivity (Wildman–Crippen MR) is 113 cm³/mol. The van der Waals surface area contributed by atoms with E-state index in [2.05, 4.69) is 15.2 Å². The molecule has 1 aromatic rings. The van der Waals surface area contributed by atoms with E-state index in [1.54, 1.807) is 12.1 Å². The summed E-state index contributed by atoms with van der Waals surface area (Å²) in [5.41, 5.74) is 5.61. The maximum Gasteiger partial charge on any atom is 0.309 e. The van der Waals surface area contributed by atoms with Crippen molar-refractivity contribution in [3.8, 4) is 0 Å². The highest BCUT2D eigenvalue weighted by Gasteiger charge is 2.27. The number of pyridine rings is 1. The molecule has 8 nitrogen and oxygen atoms in total. The number of amides is 2. The van der Waals surface area contributed by atoms with Gasteiger partial charge in [-0.3, -0.25) is 14.4 Å². The fourth-order valence-corrected chi connectivity index (χ4v) is 4.19. The van der Waals surface area contributed by atoms with Crippen molar-refractivity contribution in [3.05, 3.63) is 23.9 Å². The lowest BCUT2D eigenvalue weighted by atomic mass is 9.96. The molecule has 8 heteroatoms. The zero-order chi connectivity index (χ0) is 21.3. The van der Waals surface area contributed by atoms with Crippen molar-refractivity contribution in [2.45, 2.75) is 63.8 Å². The average Bonchev–Trinajstić information content (AvgIpc) is 2.74. The Bertz CT molecular complexity index is 721. The van der Waals surface area contributed by atoms with Gasteiger partial charge in [-0.25, -0.2) is 4.98 Å². The molecule has 2 amide bonds. The number of carbonyl (C=O) groups excluding carboxylic acids is 3. The fraction of sp³-hybridized carbons (Fsp3) is 0.636. The smallest absolute Gasteiger partial charge is 0.309 e. The molecule has 0 radical (unpaired) electrons. The Morgan fingerprint density at radius 1 is 1.03 bits per heavy atom. The summed E-state index contributed by atoms with van der Waals surface area (Å²) in [7, 11) is 0. The monoisotopic (exact) mass is 416 g/mol. The number of hydrogen-bond donors (Lipinski definition) is 2. The van der Waals surface area contributed by atoms with Gasteiger partial charge in [0.05, 0.1) is 11.5 Å². The van der Waals surface area contributed by atoms with E-state index in [9.17, 15) is 14.4 Å². The Morgan fingerprint density at radius 2 is 1.70 bits per heavy atom. The maximum absolute atomic E-state index is 12.4. The van der Waals surface area contributed by atoms with Crippen LogP contribution in [-0.2, 0) is 14.3 Å². The average molecular weight is 417 g/mol. The van der Waals surface area contributed by atoms with E-state index < -0.39 is 5.91 Å². The van der Waals surface area contributed by atoms with E-state index >= 15 is 0 Å². The van der Waals surface area contributed by atoms with Crippen LogP contribution in [0.3, 0.4) is 0 Å². The molecular formula is C22H32N4O4. The van der Waals surface area contributed by atoms with Gasteiger partial charge in [-0.2, -0.15) is 0 Å². The van der Waals surface area contributed by atoms with Crippen LogP contribution in [0.25, 0.3) is 0 Å². The number of hydrogen-bond acceptors (Lipinski definition) is 6. The minimum Gasteiger partial charge on any atom is -0.455 e. The lowest BCUT2D eigenvalue weighted by Crippen LogP contribution is -2.40. The summed E-state index contributed by atoms with van der Waals surface area (Å²) in [4.78, 5) is 42.0. The molecule has 164 valence electrons. The number of anilines is 1. The van der Waals surface area contributed by atoms with Crippen molar-refractivity contribution in [2.75, 3.05) is 24.6 Å². The molecule has 2 heterocycles. The molecule has 1 aliphatic heterocycles. The molecule has 3 N–H and O–H groups in total. The molecular weight excluding hydrogens is 384 g/mol. The summed E-state index contributed by atoms with van der Waals surface area (Å²) in [5, 5.41) is 3.02. The second-order valence-corrected chi connectivity index (χ2v) is 8.25. The van der Waals surface area contributed by atoms with Crippen LogP contribution >= 0.6 is 0 Å². The number of piperidine rings is 1. The molecule has 0 bridgehead atoms. The van der Waals surface area contributed by atoms with Crippen LogP contribution in [0.2, 0.25) is 0 Å². The number of nitrogens with one attached hydrogen (secondary N) is 1. The first kappa shape index (κ1) is 22.1. The molecule has 0 atom stereocenters. The summed E-state index contributed by atoms with van der Waals surface area (Å²) in [5.74, 6) is -0.468. The first-order valence-corrected chi connectivity index (χ1v) is 11.0. The number of primary amides is 1. The Kier molecular flexibility index (Phi) is 8.04. The van der Waals surface area contributed by atoms with Gasteiger partial charge < -0.3 is 20.7 Å². The third kappa shape index (κ3) is 6.43. The normalized spacial score (nSPS) is 18.9. The van der Waals surface area contributed by atoms with E-state index in [0.29, 0.717) is 31.5 Å². The van der Waals surface area contributed by atoms with E-state index in [1.165, 1.54) is 25.5 Å². The summed E-state index contributed by atoms with van der Waals surface area (Å²) < 4.78 is 5.29. The zero-order valence-electron chi connectivity index (χ0n) is 17.5. The maximum atomic E-state index is 12.4. The third-order valence-electron chi connectivity index (χ3n) is 6.00. The number of nitrogens with two attached hydrogens (primary N) is 1. The summed E-state index contributed by atoms with van der Waals surface area (Å²) in [6.45, 7) is 1.12. The highest BCUT2D eigenvalue weighted by molar-refractivity contribution is 5.92. The standard InChI is InChI=1S/C22H32N4O4/c23-21(28)17-8-9-19(24-14-17)26-12-10-16(11-13-26)22(29)30-15-20(27)25-18-6-4-2-1-3-5-7-18/h8-9,14,16,18H,1-7,10-13,15H2,(H2,23,28)(H,25,27). The van der Waals surface area contributed by atoms with Crippen molar-refractivity contribution in [1.82, 2.24) is 10.3 Å². The molecule has 30 heavy (non-hydrogen) atoms. The lowest BCUT2D eigenvalue weighted by molar-refractivity contribution is -0.153. The van der Waals surface area contributed by atoms with Crippen LogP contribution in [0.1, 0.15) is 68.1 Å². The van der Waals surface area contributed by atoms with Crippen molar-refractivity contribution >= 4 is 23.6 Å². The van der Waals surface area contributed by atoms with Crippen LogP contribution in [0, 0.1) is 5.92 Å². The largest absolute Gasteiger partial charge is 0.455 e. The number of nitrogens with zero attached hydrogens (tertiary/aromatic N) is 2. The number of carbonyl (C=O) groups is 3. The minimum absolute atomic E-state index is 0.202. The number of rotatable bonds is 6. The molecule has 2 fully saturated rings. The van der Waals surface area contributed by atoms with E-state index in [1.807, 2.05) is 0 Å². The van der Waals surface area contributed by atoms with Crippen LogP contribution in [0.5, 0.6) is 0 Å². The molecule has 1 saturated heterocycles. The van der Waals surface area contributed by atoms with Crippen LogP contribution in [-0.4, -0.2) is 48.5 Å². The highest BCUT2D eigenvalue weighted by atomic mass is 16.5. The SMILES string of the molecule is NC(=O)c1ccc(N2CCC(C(=O)OCC(=O)NC3CCCCCCC3)CC2)nc1. The topological polar surface area (TPSA) is 115 Å². The first-order chi connectivity index (χ1) is 14.5. The van der Waals surface area contributed by atoms with Gasteiger partial charge in [-0.1, -0.05) is 32.1 Å².